The van der Waals surface area contributed by atoms with Crippen LogP contribution in [0.3, 0.4) is 0 Å². The molecule has 0 spiro atoms. The van der Waals surface area contributed by atoms with Crippen LogP contribution in [0.5, 0.6) is 0 Å². The van der Waals surface area contributed by atoms with Gasteiger partial charge < -0.3 is 0 Å². The molecule has 0 rings (SSSR count). The summed E-state index contributed by atoms with van der Waals surface area (Å²) in [6.07, 6.45) is 0.676. The number of hydrogen-bond donors (Lipinski definition) is 1. The minimum atomic E-state index is -0.535. The molecule has 0 aromatic heterocycles. The maximum atomic E-state index is 11.2. The second-order valence-electron chi connectivity index (χ2n) is 1.77. The standard InChI is InChI=1S/C5H10FNO.Ar/c1-3-4(2)5(8)7-6;/h4H,3H2,1-2H3,(H,7,8);/t4-;/m0./s1. The van der Waals surface area contributed by atoms with Crippen LogP contribution in [-0.4, -0.2) is 5.91 Å². The molecule has 1 N–H and O–H groups in total. The molecule has 0 aromatic rings. The predicted molar refractivity (Wildman–Crippen MR) is 28.7 cm³/mol. The van der Waals surface area contributed by atoms with E-state index in [2.05, 4.69) is 0 Å². The molecule has 0 saturated heterocycles. The molecule has 0 saturated carbocycles. The SMILES string of the molecule is CC[C@H](C)C(=O)NF.[Ar]. The second kappa shape index (κ2) is 6.78. The smallest absolute Gasteiger partial charge is 0.250 e. The van der Waals surface area contributed by atoms with Crippen molar-refractivity contribution >= 4 is 5.91 Å². The maximum absolute atomic E-state index is 11.2. The van der Waals surface area contributed by atoms with Crippen LogP contribution in [0, 0.1) is 43.7 Å². The molecule has 0 fully saturated rings. The summed E-state index contributed by atoms with van der Waals surface area (Å²) in [5.74, 6) is -0.743. The molecule has 9 heavy (non-hydrogen) atoms. The summed E-state index contributed by atoms with van der Waals surface area (Å²) in [6, 6.07) is 0. The Morgan fingerprint density at radius 3 is 2.33 bits per heavy atom. The molecule has 1 amide bonds. The summed E-state index contributed by atoms with van der Waals surface area (Å²) in [5.41, 5.74) is 1.08. The van der Waals surface area contributed by atoms with E-state index in [0.29, 0.717) is 6.42 Å². The van der Waals surface area contributed by atoms with Crippen molar-refractivity contribution in [3.63, 3.8) is 0 Å². The zero-order valence-electron chi connectivity index (χ0n) is 5.42. The van der Waals surface area contributed by atoms with E-state index in [4.69, 9.17) is 0 Å². The van der Waals surface area contributed by atoms with Crippen molar-refractivity contribution in [1.29, 1.82) is 0 Å². The first-order valence-corrected chi connectivity index (χ1v) is 2.62. The molecule has 0 heterocycles. The predicted octanol–water partition coefficient (Wildman–Crippen LogP) is 1.03. The number of halogens is 1. The molecule has 0 aliphatic carbocycles. The Bertz CT molecular complexity index is 89.0. The van der Waals surface area contributed by atoms with Crippen molar-refractivity contribution in [2.45, 2.75) is 20.3 Å². The number of carbonyl (C=O) groups excluding carboxylic acids is 1. The molecular weight excluding hydrogens is 149 g/mol. The molecule has 0 unspecified atom stereocenters. The molecule has 1 atom stereocenters. The Morgan fingerprint density at radius 1 is 1.78 bits per heavy atom. The van der Waals surface area contributed by atoms with E-state index in [1.165, 1.54) is 0 Å². The number of amides is 1. The maximum Gasteiger partial charge on any atom is 0.250 e. The molecule has 56 valence electrons. The van der Waals surface area contributed by atoms with Gasteiger partial charge in [0.05, 0.1) is 0 Å². The molecule has 0 radical (unpaired) electrons. The average Bonchev–Trinajstić information content (AvgIpc) is 1.84. The minimum absolute atomic E-state index is 0. The van der Waals surface area contributed by atoms with Crippen molar-refractivity contribution in [3.8, 4) is 0 Å². The van der Waals surface area contributed by atoms with E-state index < -0.39 is 5.91 Å². The third-order valence-electron chi connectivity index (χ3n) is 1.15. The first-order chi connectivity index (χ1) is 3.72. The van der Waals surface area contributed by atoms with E-state index in [1.54, 1.807) is 6.92 Å². The largest absolute Gasteiger partial charge is 0.272 e. The van der Waals surface area contributed by atoms with Gasteiger partial charge >= 0.3 is 0 Å². The first-order valence-electron chi connectivity index (χ1n) is 2.62. The van der Waals surface area contributed by atoms with E-state index in [1.807, 2.05) is 6.92 Å². The molecule has 2 nitrogen and oxygen atoms in total. The summed E-state index contributed by atoms with van der Waals surface area (Å²) < 4.78 is 11.2. The number of hydrogen-bond acceptors (Lipinski definition) is 1. The Kier molecular flexibility index (Phi) is 9.29. The summed E-state index contributed by atoms with van der Waals surface area (Å²) in [5, 5.41) is 0. The van der Waals surface area contributed by atoms with Crippen LogP contribution in [0.25, 0.3) is 0 Å². The Morgan fingerprint density at radius 2 is 2.22 bits per heavy atom. The van der Waals surface area contributed by atoms with Gasteiger partial charge in [-0.3, -0.25) is 4.79 Å². The van der Waals surface area contributed by atoms with Gasteiger partial charge in [0, 0.05) is 43.7 Å². The summed E-state index contributed by atoms with van der Waals surface area (Å²) in [7, 11) is 0. The normalized spacial score (nSPS) is 11.4. The summed E-state index contributed by atoms with van der Waals surface area (Å²) in [6.45, 7) is 3.51. The van der Waals surface area contributed by atoms with Crippen molar-refractivity contribution < 1.29 is 47.0 Å². The topological polar surface area (TPSA) is 29.1 Å². The Hall–Kier alpha value is 0.660. The van der Waals surface area contributed by atoms with Gasteiger partial charge in [-0.25, -0.2) is 0 Å². The zero-order chi connectivity index (χ0) is 6.57. The van der Waals surface area contributed by atoms with Gasteiger partial charge in [-0.15, -0.1) is 4.48 Å². The van der Waals surface area contributed by atoms with Crippen LogP contribution < -0.4 is 5.54 Å². The van der Waals surface area contributed by atoms with Crippen LogP contribution in [-0.2, 0) is 4.79 Å². The monoisotopic (exact) mass is 159 g/mol. The fourth-order valence-electron chi connectivity index (χ4n) is 0.279. The van der Waals surface area contributed by atoms with Gasteiger partial charge in [0.15, 0.2) is 0 Å². The minimum Gasteiger partial charge on any atom is -0.272 e. The van der Waals surface area contributed by atoms with Crippen molar-refractivity contribution in [1.82, 2.24) is 5.54 Å². The van der Waals surface area contributed by atoms with Gasteiger partial charge in [0.1, 0.15) is 0 Å². The molecule has 0 aliphatic rings. The third kappa shape index (κ3) is 5.12. The van der Waals surface area contributed by atoms with Gasteiger partial charge in [0.25, 0.3) is 0 Å². The fraction of sp³-hybridized carbons (Fsp3) is 0.800. The first kappa shape index (κ1) is 12.3. The summed E-state index contributed by atoms with van der Waals surface area (Å²) >= 11 is 0. The van der Waals surface area contributed by atoms with Crippen LogP contribution in [0.2, 0.25) is 0 Å². The molecule has 0 aromatic carbocycles. The van der Waals surface area contributed by atoms with Gasteiger partial charge in [-0.2, -0.15) is 5.54 Å². The number of nitrogens with one attached hydrogen (secondary N) is 1. The quantitative estimate of drug-likeness (QED) is 0.599. The summed E-state index contributed by atoms with van der Waals surface area (Å²) in [4.78, 5) is 10.3. The van der Waals surface area contributed by atoms with Crippen molar-refractivity contribution in [2.75, 3.05) is 0 Å². The van der Waals surface area contributed by atoms with Crippen molar-refractivity contribution in [2.24, 2.45) is 5.92 Å². The van der Waals surface area contributed by atoms with Crippen LogP contribution in [0.1, 0.15) is 20.3 Å². The van der Waals surface area contributed by atoms with Crippen LogP contribution >= 0.6 is 0 Å². The van der Waals surface area contributed by atoms with E-state index in [-0.39, 0.29) is 43.7 Å². The van der Waals surface area contributed by atoms with Gasteiger partial charge in [0.2, 0.25) is 5.91 Å². The fourth-order valence-corrected chi connectivity index (χ4v) is 0.279. The molecule has 0 aliphatic heterocycles. The second-order valence-corrected chi connectivity index (χ2v) is 1.77. The molecule has 0 bridgehead atoms. The Labute approximate surface area is 84.1 Å². The zero-order valence-corrected chi connectivity index (χ0v) is 6.13. The van der Waals surface area contributed by atoms with E-state index in [9.17, 15) is 9.28 Å². The average molecular weight is 159 g/mol. The van der Waals surface area contributed by atoms with Crippen LogP contribution in [0.15, 0.2) is 0 Å². The molecular formula is C5H10ArFNO. The van der Waals surface area contributed by atoms with Gasteiger partial charge in [-0.05, 0) is 6.42 Å². The van der Waals surface area contributed by atoms with Gasteiger partial charge in [-0.1, -0.05) is 13.8 Å². The van der Waals surface area contributed by atoms with Crippen LogP contribution in [0.4, 0.5) is 4.48 Å². The van der Waals surface area contributed by atoms with E-state index >= 15 is 0 Å². The number of carbonyl (C=O) groups is 1. The van der Waals surface area contributed by atoms with Crippen molar-refractivity contribution in [3.05, 3.63) is 0 Å². The molecule has 4 heteroatoms. The Balaban J connectivity index is 0. The number of rotatable bonds is 2. The third-order valence-corrected chi connectivity index (χ3v) is 1.15. The van der Waals surface area contributed by atoms with E-state index in [0.717, 1.165) is 5.54 Å².